The van der Waals surface area contributed by atoms with Gasteiger partial charge in [-0.05, 0) is 188 Å². The van der Waals surface area contributed by atoms with E-state index in [1.165, 1.54) is 115 Å². The van der Waals surface area contributed by atoms with E-state index in [4.69, 9.17) is 15.0 Å². The molecule has 3 aliphatic heterocycles. The molecule has 0 aliphatic carbocycles. The molecule has 0 fully saturated rings. The third kappa shape index (κ3) is 7.68. The zero-order valence-corrected chi connectivity index (χ0v) is 48.9. The van der Waals surface area contributed by atoms with Crippen LogP contribution in [0.15, 0.2) is 309 Å². The summed E-state index contributed by atoms with van der Waals surface area (Å²) in [6, 6.07) is 114. The van der Waals surface area contributed by atoms with Gasteiger partial charge in [-0.2, -0.15) is 15.0 Å². The molecule has 0 N–H and O–H groups in total. The Morgan fingerprint density at radius 1 is 0.178 bits per heavy atom. The van der Waals surface area contributed by atoms with Gasteiger partial charge in [0, 0.05) is 17.8 Å². The number of anilines is 9. The SMILES string of the molecule is c1ccc2c(c1)C(c1cccc3cc4ccccc4cc13)c1ccccc1N2c1nc(N2c3ccccc3C(c3cccc4cc5ccccc5cc34)c3ccccc32)nc(N2c3ccccc3C(c3cccc4cc5ccccc5cc34)c3ccccc32)n1. The van der Waals surface area contributed by atoms with E-state index in [1.54, 1.807) is 0 Å². The molecule has 0 atom stereocenters. The van der Waals surface area contributed by atoms with Crippen LogP contribution >= 0.6 is 0 Å². The summed E-state index contributed by atoms with van der Waals surface area (Å²) in [6.07, 6.45) is 0. The highest BCUT2D eigenvalue weighted by Crippen LogP contribution is 2.57. The van der Waals surface area contributed by atoms with Crippen molar-refractivity contribution in [2.24, 2.45) is 0 Å². The van der Waals surface area contributed by atoms with Crippen LogP contribution in [0.1, 0.15) is 67.8 Å². The fraction of sp³-hybridized carbons (Fsp3) is 0.0357. The number of hydrogen-bond donors (Lipinski definition) is 0. The van der Waals surface area contributed by atoms with Gasteiger partial charge in [-0.15, -0.1) is 0 Å². The van der Waals surface area contributed by atoms with Crippen molar-refractivity contribution >= 4 is 117 Å². The number of nitrogens with zero attached hydrogens (tertiary/aromatic N) is 6. The quantitative estimate of drug-likeness (QED) is 0.155. The number of hydrogen-bond acceptors (Lipinski definition) is 6. The summed E-state index contributed by atoms with van der Waals surface area (Å²) in [4.78, 5) is 24.5. The maximum absolute atomic E-state index is 5.87. The molecule has 4 heterocycles. The second-order valence-corrected chi connectivity index (χ2v) is 24.2. The van der Waals surface area contributed by atoms with Crippen LogP contribution in [0, 0.1) is 0 Å². The van der Waals surface area contributed by atoms with Gasteiger partial charge in [0.2, 0.25) is 17.8 Å². The molecule has 0 unspecified atom stereocenters. The molecule has 19 rings (SSSR count). The first kappa shape index (κ1) is 50.4. The van der Waals surface area contributed by atoms with E-state index < -0.39 is 0 Å². The summed E-state index contributed by atoms with van der Waals surface area (Å²) < 4.78 is 0. The highest BCUT2D eigenvalue weighted by atomic mass is 15.4. The molecule has 420 valence electrons. The van der Waals surface area contributed by atoms with Gasteiger partial charge in [0.25, 0.3) is 0 Å². The van der Waals surface area contributed by atoms with E-state index in [1.807, 2.05) is 0 Å². The summed E-state index contributed by atoms with van der Waals surface area (Å²) >= 11 is 0. The average Bonchev–Trinajstić information content (AvgIpc) is 0.769. The predicted molar refractivity (Wildman–Crippen MR) is 371 cm³/mol. The summed E-state index contributed by atoms with van der Waals surface area (Å²) in [7, 11) is 0. The number of benzene rings is 15. The van der Waals surface area contributed by atoms with E-state index in [9.17, 15) is 0 Å². The molecule has 0 saturated heterocycles. The fourth-order valence-corrected chi connectivity index (χ4v) is 15.5. The molecule has 0 radical (unpaired) electrons. The van der Waals surface area contributed by atoms with E-state index in [-0.39, 0.29) is 17.8 Å². The first-order valence-corrected chi connectivity index (χ1v) is 31.1. The Kier molecular flexibility index (Phi) is 11.2. The summed E-state index contributed by atoms with van der Waals surface area (Å²) in [5.41, 5.74) is 16.8. The van der Waals surface area contributed by atoms with Crippen molar-refractivity contribution in [2.75, 3.05) is 14.7 Å². The Morgan fingerprint density at radius 2 is 0.367 bits per heavy atom. The zero-order chi connectivity index (χ0) is 59.0. The zero-order valence-electron chi connectivity index (χ0n) is 48.9. The lowest BCUT2D eigenvalue weighted by atomic mass is 9.78. The minimum absolute atomic E-state index is 0.103. The maximum Gasteiger partial charge on any atom is 0.241 e. The van der Waals surface area contributed by atoms with Crippen molar-refractivity contribution in [1.82, 2.24) is 15.0 Å². The molecule has 0 saturated carbocycles. The van der Waals surface area contributed by atoms with E-state index in [0.717, 1.165) is 34.1 Å². The van der Waals surface area contributed by atoms with E-state index in [2.05, 4.69) is 324 Å². The van der Waals surface area contributed by atoms with Crippen LogP contribution in [-0.4, -0.2) is 15.0 Å². The van der Waals surface area contributed by atoms with Gasteiger partial charge in [-0.1, -0.05) is 237 Å². The topological polar surface area (TPSA) is 48.4 Å². The minimum Gasteiger partial charge on any atom is -0.278 e. The Labute approximate surface area is 520 Å². The Bertz CT molecular complexity index is 4950. The smallest absolute Gasteiger partial charge is 0.241 e. The predicted octanol–water partition coefficient (Wildman–Crippen LogP) is 21.7. The lowest BCUT2D eigenvalue weighted by Crippen LogP contribution is -2.29. The van der Waals surface area contributed by atoms with Gasteiger partial charge < -0.3 is 0 Å². The average molecular weight is 1150 g/mol. The maximum atomic E-state index is 5.87. The van der Waals surface area contributed by atoms with Crippen molar-refractivity contribution in [3.05, 3.63) is 359 Å². The molecule has 90 heavy (non-hydrogen) atoms. The molecule has 16 aromatic rings. The number of fused-ring (bicyclic) bond motifs is 12. The van der Waals surface area contributed by atoms with Crippen LogP contribution in [0.25, 0.3) is 64.6 Å². The number of para-hydroxylation sites is 6. The summed E-state index contributed by atoms with van der Waals surface area (Å²) in [5, 5.41) is 14.7. The second-order valence-electron chi connectivity index (χ2n) is 24.2. The van der Waals surface area contributed by atoms with Gasteiger partial charge in [0.15, 0.2) is 0 Å². The highest BCUT2D eigenvalue weighted by Gasteiger charge is 2.40. The van der Waals surface area contributed by atoms with E-state index >= 15 is 0 Å². The third-order valence-corrected chi connectivity index (χ3v) is 19.4. The molecule has 0 bridgehead atoms. The normalized spacial score (nSPS) is 13.8. The molecule has 6 nitrogen and oxygen atoms in total. The fourth-order valence-electron chi connectivity index (χ4n) is 15.5. The van der Waals surface area contributed by atoms with Crippen molar-refractivity contribution < 1.29 is 0 Å². The van der Waals surface area contributed by atoms with Crippen molar-refractivity contribution in [1.29, 1.82) is 0 Å². The van der Waals surface area contributed by atoms with Crippen molar-refractivity contribution in [3.63, 3.8) is 0 Å². The second kappa shape index (κ2) is 19.9. The summed E-state index contributed by atoms with van der Waals surface area (Å²) in [5.74, 6) is 1.21. The molecule has 3 aliphatic rings. The first-order chi connectivity index (χ1) is 44.6. The Hall–Kier alpha value is -11.7. The van der Waals surface area contributed by atoms with Gasteiger partial charge in [0.1, 0.15) is 0 Å². The van der Waals surface area contributed by atoms with Crippen molar-refractivity contribution in [2.45, 2.75) is 17.8 Å². The lowest BCUT2D eigenvalue weighted by Gasteiger charge is -2.40. The molecule has 0 amide bonds. The Morgan fingerprint density at radius 3 is 0.611 bits per heavy atom. The van der Waals surface area contributed by atoms with Gasteiger partial charge in [-0.25, -0.2) is 0 Å². The largest absolute Gasteiger partial charge is 0.278 e. The monoisotopic (exact) mass is 1150 g/mol. The molecule has 0 spiro atoms. The standard InChI is InChI=1S/C84H54N6/c1-4-25-55-49-70-58(46-52(55)22-1)28-19-37-61(70)79-64-31-7-13-40-73(64)88(74-41-14-8-32-65(74)79)82-85-83(89-75-42-15-9-33-66(75)80(67-34-10-16-43-76(67)89)62-38-20-29-59-47-53-23-2-5-26-56(53)50-71(59)62)87-84(86-82)90-77-44-17-11-35-68(77)81(69-36-12-18-45-78(69)90)63-39-21-30-60-48-54-24-3-6-27-57(54)51-72(60)63/h1-51,79-81H. The highest BCUT2D eigenvalue weighted by molar-refractivity contribution is 6.04. The van der Waals surface area contributed by atoms with Crippen molar-refractivity contribution in [3.8, 4) is 0 Å². The molecule has 15 aromatic carbocycles. The lowest BCUT2D eigenvalue weighted by molar-refractivity contribution is 0.884. The van der Waals surface area contributed by atoms with Crippen LogP contribution in [0.2, 0.25) is 0 Å². The van der Waals surface area contributed by atoms with Crippen LogP contribution in [-0.2, 0) is 0 Å². The molecule has 6 heteroatoms. The number of rotatable bonds is 6. The molecular weight excluding hydrogens is 1090 g/mol. The Balaban J connectivity index is 0.851. The minimum atomic E-state index is -0.103. The van der Waals surface area contributed by atoms with Crippen LogP contribution in [0.3, 0.4) is 0 Å². The van der Waals surface area contributed by atoms with Crippen LogP contribution in [0.4, 0.5) is 52.0 Å². The van der Waals surface area contributed by atoms with Crippen LogP contribution in [0.5, 0.6) is 0 Å². The number of aromatic nitrogens is 3. The van der Waals surface area contributed by atoms with E-state index in [0.29, 0.717) is 17.8 Å². The molecule has 1 aromatic heterocycles. The first-order valence-electron chi connectivity index (χ1n) is 31.1. The third-order valence-electron chi connectivity index (χ3n) is 19.4. The van der Waals surface area contributed by atoms with Crippen LogP contribution < -0.4 is 14.7 Å². The van der Waals surface area contributed by atoms with Gasteiger partial charge in [0.05, 0.1) is 34.1 Å². The van der Waals surface area contributed by atoms with Gasteiger partial charge in [-0.3, -0.25) is 14.7 Å². The van der Waals surface area contributed by atoms with Gasteiger partial charge >= 0.3 is 0 Å². The summed E-state index contributed by atoms with van der Waals surface area (Å²) in [6.45, 7) is 0. The molecular formula is C84H54N6.